The first kappa shape index (κ1) is 15.7. The van der Waals surface area contributed by atoms with Crippen molar-refractivity contribution < 1.29 is 13.2 Å². The van der Waals surface area contributed by atoms with Crippen molar-refractivity contribution in [2.75, 3.05) is 32.4 Å². The van der Waals surface area contributed by atoms with Crippen LogP contribution in [0.25, 0.3) is 0 Å². The van der Waals surface area contributed by atoms with Gasteiger partial charge in [0.2, 0.25) is 15.9 Å². The van der Waals surface area contributed by atoms with Gasteiger partial charge in [0.15, 0.2) is 0 Å². The summed E-state index contributed by atoms with van der Waals surface area (Å²) in [5.74, 6) is -0.0446. The van der Waals surface area contributed by atoms with E-state index in [1.807, 2.05) is 0 Å². The maximum atomic E-state index is 12.6. The monoisotopic (exact) mass is 303 g/mol. The highest BCUT2D eigenvalue weighted by Crippen LogP contribution is 2.26. The second-order valence-corrected chi connectivity index (χ2v) is 8.22. The van der Waals surface area contributed by atoms with Crippen molar-refractivity contribution in [3.63, 3.8) is 0 Å². The van der Waals surface area contributed by atoms with Crippen LogP contribution in [0, 0.1) is 0 Å². The number of hydrogen-bond acceptors (Lipinski definition) is 4. The second kappa shape index (κ2) is 5.61. The fraction of sp³-hybridized carbons (Fsp3) is 0.923. The average Bonchev–Trinajstić information content (AvgIpc) is 2.36. The maximum Gasteiger partial charge on any atom is 0.243 e. The minimum atomic E-state index is -3.42. The summed E-state index contributed by atoms with van der Waals surface area (Å²) in [6.07, 6.45) is 3.06. The van der Waals surface area contributed by atoms with Gasteiger partial charge in [-0.1, -0.05) is 6.42 Å². The molecular formula is C13H25N3O3S. The third-order valence-electron chi connectivity index (χ3n) is 4.29. The van der Waals surface area contributed by atoms with Gasteiger partial charge in [0.05, 0.1) is 5.75 Å². The summed E-state index contributed by atoms with van der Waals surface area (Å²) in [7, 11) is -1.70. The zero-order valence-corrected chi connectivity index (χ0v) is 13.4. The number of nitrogens with zero attached hydrogens (tertiary/aromatic N) is 2. The molecule has 2 aliphatic rings. The van der Waals surface area contributed by atoms with E-state index in [0.717, 1.165) is 25.8 Å². The lowest BCUT2D eigenvalue weighted by Gasteiger charge is -2.44. The third-order valence-corrected chi connectivity index (χ3v) is 6.43. The van der Waals surface area contributed by atoms with Crippen LogP contribution in [0.2, 0.25) is 0 Å². The standard InChI is InChI=1S/C13H25N3O3S/c1-13(2)12(17)15(3)8-9-16(13)20(18,19)10-11-6-4-5-7-14-11/h11,14H,4-10H2,1-3H3. The van der Waals surface area contributed by atoms with Crippen LogP contribution in [0.4, 0.5) is 0 Å². The molecule has 0 aromatic carbocycles. The Balaban J connectivity index is 2.14. The molecule has 0 aliphatic carbocycles. The van der Waals surface area contributed by atoms with E-state index in [1.54, 1.807) is 25.8 Å². The van der Waals surface area contributed by atoms with E-state index in [2.05, 4.69) is 5.32 Å². The van der Waals surface area contributed by atoms with E-state index in [-0.39, 0.29) is 17.7 Å². The molecule has 116 valence electrons. The Bertz CT molecular complexity index is 469. The molecule has 0 aromatic rings. The predicted octanol–water partition coefficient (Wildman–Crippen LogP) is 0.0109. The Morgan fingerprint density at radius 2 is 2.00 bits per heavy atom. The first-order chi connectivity index (χ1) is 9.25. The smallest absolute Gasteiger partial charge is 0.243 e. The Hall–Kier alpha value is -0.660. The van der Waals surface area contributed by atoms with Crippen LogP contribution in [0.3, 0.4) is 0 Å². The molecule has 2 aliphatic heterocycles. The van der Waals surface area contributed by atoms with Gasteiger partial charge in [0.1, 0.15) is 5.54 Å². The lowest BCUT2D eigenvalue weighted by atomic mass is 10.0. The van der Waals surface area contributed by atoms with E-state index < -0.39 is 15.6 Å². The number of carbonyl (C=O) groups excluding carboxylic acids is 1. The number of nitrogens with one attached hydrogen (secondary N) is 1. The highest BCUT2D eigenvalue weighted by Gasteiger charge is 2.46. The molecule has 1 N–H and O–H groups in total. The summed E-state index contributed by atoms with van der Waals surface area (Å²) in [5, 5.41) is 3.26. The van der Waals surface area contributed by atoms with E-state index in [4.69, 9.17) is 0 Å². The molecule has 2 saturated heterocycles. The summed E-state index contributed by atoms with van der Waals surface area (Å²) < 4.78 is 26.7. The van der Waals surface area contributed by atoms with Gasteiger partial charge in [-0.05, 0) is 33.2 Å². The molecular weight excluding hydrogens is 278 g/mol. The van der Waals surface area contributed by atoms with Crippen molar-refractivity contribution in [2.45, 2.75) is 44.7 Å². The zero-order chi connectivity index (χ0) is 15.0. The van der Waals surface area contributed by atoms with Gasteiger partial charge in [-0.25, -0.2) is 8.42 Å². The number of hydrogen-bond donors (Lipinski definition) is 1. The SMILES string of the molecule is CN1CCN(S(=O)(=O)CC2CCCCN2)C(C)(C)C1=O. The molecule has 0 spiro atoms. The molecule has 7 heteroatoms. The fourth-order valence-corrected chi connectivity index (χ4v) is 5.20. The molecule has 20 heavy (non-hydrogen) atoms. The zero-order valence-electron chi connectivity index (χ0n) is 12.6. The summed E-state index contributed by atoms with van der Waals surface area (Å²) in [5.41, 5.74) is -0.986. The highest BCUT2D eigenvalue weighted by atomic mass is 32.2. The van der Waals surface area contributed by atoms with Gasteiger partial charge >= 0.3 is 0 Å². The van der Waals surface area contributed by atoms with Crippen LogP contribution in [-0.4, -0.2) is 67.5 Å². The van der Waals surface area contributed by atoms with Crippen molar-refractivity contribution in [3.8, 4) is 0 Å². The quantitative estimate of drug-likeness (QED) is 0.797. The molecule has 0 radical (unpaired) electrons. The molecule has 1 atom stereocenters. The van der Waals surface area contributed by atoms with Crippen LogP contribution in [0.15, 0.2) is 0 Å². The van der Waals surface area contributed by atoms with Gasteiger partial charge in [-0.2, -0.15) is 4.31 Å². The number of likely N-dealkylation sites (N-methyl/N-ethyl adjacent to an activating group) is 1. The number of amides is 1. The highest BCUT2D eigenvalue weighted by molar-refractivity contribution is 7.89. The van der Waals surface area contributed by atoms with E-state index >= 15 is 0 Å². The van der Waals surface area contributed by atoms with Crippen molar-refractivity contribution in [1.29, 1.82) is 0 Å². The van der Waals surface area contributed by atoms with Crippen LogP contribution >= 0.6 is 0 Å². The summed E-state index contributed by atoms with van der Waals surface area (Å²) in [6, 6.07) is 0.0132. The van der Waals surface area contributed by atoms with Gasteiger partial charge in [0, 0.05) is 26.2 Å². The Morgan fingerprint density at radius 3 is 2.60 bits per heavy atom. The molecule has 0 aromatic heterocycles. The molecule has 2 fully saturated rings. The van der Waals surface area contributed by atoms with Crippen molar-refractivity contribution in [1.82, 2.24) is 14.5 Å². The Kier molecular flexibility index (Phi) is 4.41. The molecule has 2 rings (SSSR count). The van der Waals surface area contributed by atoms with Gasteiger partial charge in [-0.3, -0.25) is 4.79 Å². The normalized spacial score (nSPS) is 28.6. The van der Waals surface area contributed by atoms with E-state index in [1.165, 1.54) is 4.31 Å². The summed E-state index contributed by atoms with van der Waals surface area (Å²) in [6.45, 7) is 5.10. The van der Waals surface area contributed by atoms with E-state index in [9.17, 15) is 13.2 Å². The first-order valence-electron chi connectivity index (χ1n) is 7.24. The second-order valence-electron chi connectivity index (χ2n) is 6.28. The average molecular weight is 303 g/mol. The predicted molar refractivity (Wildman–Crippen MR) is 77.9 cm³/mol. The van der Waals surface area contributed by atoms with Crippen LogP contribution in [0.5, 0.6) is 0 Å². The Labute approximate surface area is 121 Å². The van der Waals surface area contributed by atoms with Crippen molar-refractivity contribution in [2.24, 2.45) is 0 Å². The van der Waals surface area contributed by atoms with Crippen molar-refractivity contribution >= 4 is 15.9 Å². The lowest BCUT2D eigenvalue weighted by Crippen LogP contribution is -2.64. The maximum absolute atomic E-state index is 12.6. The van der Waals surface area contributed by atoms with E-state index in [0.29, 0.717) is 13.1 Å². The van der Waals surface area contributed by atoms with Gasteiger partial charge < -0.3 is 10.2 Å². The lowest BCUT2D eigenvalue weighted by molar-refractivity contribution is -0.142. The molecule has 0 saturated carbocycles. The molecule has 6 nitrogen and oxygen atoms in total. The van der Waals surface area contributed by atoms with Gasteiger partial charge in [0.25, 0.3) is 0 Å². The third kappa shape index (κ3) is 2.99. The first-order valence-corrected chi connectivity index (χ1v) is 8.85. The number of carbonyl (C=O) groups is 1. The number of rotatable bonds is 3. The number of sulfonamides is 1. The van der Waals surface area contributed by atoms with Gasteiger partial charge in [-0.15, -0.1) is 0 Å². The largest absolute Gasteiger partial charge is 0.343 e. The minimum Gasteiger partial charge on any atom is -0.343 e. The Morgan fingerprint density at radius 1 is 1.30 bits per heavy atom. The molecule has 1 unspecified atom stereocenters. The fourth-order valence-electron chi connectivity index (χ4n) is 3.09. The molecule has 2 heterocycles. The van der Waals surface area contributed by atoms with Crippen molar-refractivity contribution in [3.05, 3.63) is 0 Å². The summed E-state index contributed by atoms with van der Waals surface area (Å²) in [4.78, 5) is 13.8. The van der Waals surface area contributed by atoms with Crippen LogP contribution in [-0.2, 0) is 14.8 Å². The summed E-state index contributed by atoms with van der Waals surface area (Å²) >= 11 is 0. The minimum absolute atomic E-state index is 0.0132. The van der Waals surface area contributed by atoms with Crippen LogP contribution in [0.1, 0.15) is 33.1 Å². The molecule has 1 amide bonds. The number of piperidine rings is 1. The topological polar surface area (TPSA) is 69.7 Å². The number of piperazine rings is 1. The van der Waals surface area contributed by atoms with Crippen LogP contribution < -0.4 is 5.32 Å². The molecule has 0 bridgehead atoms.